The van der Waals surface area contributed by atoms with Crippen molar-refractivity contribution in [3.8, 4) is 0 Å². The molecule has 0 unspecified atom stereocenters. The van der Waals surface area contributed by atoms with Crippen molar-refractivity contribution >= 4 is 17.8 Å². The standard InChI is InChI=1S/C15H24N2O6/c1-4-6-17(7-5-2)14(20)13-12(16-9(3)18)10(19)8-11(23-13)15(21)22/h8,10,12-13,19H,4-7H2,1-3H3,(H,16,18)(H,21,22)/t10-,12-,13-/m1/s1. The maximum atomic E-state index is 12.7. The van der Waals surface area contributed by atoms with Gasteiger partial charge in [0.15, 0.2) is 6.10 Å². The Labute approximate surface area is 135 Å². The van der Waals surface area contributed by atoms with Gasteiger partial charge < -0.3 is 25.2 Å². The number of ether oxygens (including phenoxy) is 1. The molecule has 1 rings (SSSR count). The SMILES string of the molecule is CCCN(CCC)C(=O)[C@@H]1OC(C(=O)O)=C[C@@H](O)[C@H]1NC(C)=O. The lowest BCUT2D eigenvalue weighted by Crippen LogP contribution is -2.59. The van der Waals surface area contributed by atoms with Gasteiger partial charge in [-0.15, -0.1) is 0 Å². The van der Waals surface area contributed by atoms with Crippen LogP contribution in [0.5, 0.6) is 0 Å². The Morgan fingerprint density at radius 2 is 1.83 bits per heavy atom. The van der Waals surface area contributed by atoms with E-state index in [1.165, 1.54) is 6.92 Å². The topological polar surface area (TPSA) is 116 Å². The van der Waals surface area contributed by atoms with Gasteiger partial charge in [-0.05, 0) is 18.9 Å². The van der Waals surface area contributed by atoms with Crippen LogP contribution >= 0.6 is 0 Å². The van der Waals surface area contributed by atoms with Crippen LogP contribution in [0.4, 0.5) is 0 Å². The van der Waals surface area contributed by atoms with Crippen molar-refractivity contribution in [1.29, 1.82) is 0 Å². The zero-order valence-corrected chi connectivity index (χ0v) is 13.6. The predicted molar refractivity (Wildman–Crippen MR) is 81.4 cm³/mol. The number of carboxylic acids is 1. The normalized spacial score (nSPS) is 23.5. The number of hydrogen-bond acceptors (Lipinski definition) is 5. The Morgan fingerprint density at radius 3 is 2.26 bits per heavy atom. The van der Waals surface area contributed by atoms with Crippen LogP contribution in [0.3, 0.4) is 0 Å². The molecule has 0 aromatic carbocycles. The van der Waals surface area contributed by atoms with E-state index in [4.69, 9.17) is 9.84 Å². The monoisotopic (exact) mass is 328 g/mol. The van der Waals surface area contributed by atoms with Crippen molar-refractivity contribution in [3.63, 3.8) is 0 Å². The fourth-order valence-electron chi connectivity index (χ4n) is 2.46. The van der Waals surface area contributed by atoms with Crippen molar-refractivity contribution in [3.05, 3.63) is 11.8 Å². The van der Waals surface area contributed by atoms with Gasteiger partial charge in [-0.2, -0.15) is 0 Å². The average Bonchev–Trinajstić information content (AvgIpc) is 2.47. The zero-order valence-electron chi connectivity index (χ0n) is 13.6. The number of hydrogen-bond donors (Lipinski definition) is 3. The van der Waals surface area contributed by atoms with Gasteiger partial charge in [0.1, 0.15) is 12.1 Å². The Balaban J connectivity index is 3.09. The molecule has 8 heteroatoms. The summed E-state index contributed by atoms with van der Waals surface area (Å²) in [6.07, 6.45) is -0.154. The molecule has 0 fully saturated rings. The van der Waals surface area contributed by atoms with Crippen molar-refractivity contribution in [2.24, 2.45) is 0 Å². The predicted octanol–water partition coefficient (Wildman–Crippen LogP) is -0.132. The Hall–Kier alpha value is -2.09. The highest BCUT2D eigenvalue weighted by Gasteiger charge is 2.42. The third kappa shape index (κ3) is 4.95. The van der Waals surface area contributed by atoms with Crippen LogP contribution in [0.1, 0.15) is 33.6 Å². The van der Waals surface area contributed by atoms with E-state index in [9.17, 15) is 19.5 Å². The average molecular weight is 328 g/mol. The second-order valence-electron chi connectivity index (χ2n) is 5.42. The fraction of sp³-hybridized carbons (Fsp3) is 0.667. The van der Waals surface area contributed by atoms with E-state index in [-0.39, 0.29) is 0 Å². The minimum atomic E-state index is -1.37. The number of nitrogens with zero attached hydrogens (tertiary/aromatic N) is 1. The lowest BCUT2D eigenvalue weighted by Gasteiger charge is -2.36. The molecule has 0 spiro atoms. The lowest BCUT2D eigenvalue weighted by atomic mass is 9.99. The zero-order chi connectivity index (χ0) is 17.6. The first kappa shape index (κ1) is 19.0. The molecule has 0 aromatic heterocycles. The summed E-state index contributed by atoms with van der Waals surface area (Å²) in [5.41, 5.74) is 0. The quantitative estimate of drug-likeness (QED) is 0.599. The molecule has 23 heavy (non-hydrogen) atoms. The van der Waals surface area contributed by atoms with E-state index in [1.807, 2.05) is 13.8 Å². The summed E-state index contributed by atoms with van der Waals surface area (Å²) < 4.78 is 5.26. The van der Waals surface area contributed by atoms with Gasteiger partial charge in [-0.3, -0.25) is 9.59 Å². The first-order chi connectivity index (χ1) is 10.8. The van der Waals surface area contributed by atoms with Crippen LogP contribution in [0, 0.1) is 0 Å². The smallest absolute Gasteiger partial charge is 0.370 e. The summed E-state index contributed by atoms with van der Waals surface area (Å²) in [5, 5.41) is 21.6. The van der Waals surface area contributed by atoms with E-state index in [2.05, 4.69) is 5.32 Å². The van der Waals surface area contributed by atoms with Crippen LogP contribution < -0.4 is 5.32 Å². The summed E-state index contributed by atoms with van der Waals surface area (Å²) in [4.78, 5) is 36.7. The van der Waals surface area contributed by atoms with Crippen LogP contribution in [0.2, 0.25) is 0 Å². The Morgan fingerprint density at radius 1 is 1.26 bits per heavy atom. The molecule has 0 saturated heterocycles. The molecular formula is C15H24N2O6. The molecule has 8 nitrogen and oxygen atoms in total. The largest absolute Gasteiger partial charge is 0.475 e. The van der Waals surface area contributed by atoms with E-state index in [0.29, 0.717) is 13.1 Å². The molecule has 1 aliphatic rings. The first-order valence-electron chi connectivity index (χ1n) is 7.67. The Bertz CT molecular complexity index is 484. The van der Waals surface area contributed by atoms with Crippen LogP contribution in [0.15, 0.2) is 11.8 Å². The summed E-state index contributed by atoms with van der Waals surface area (Å²) in [6, 6.07) is -1.03. The van der Waals surface area contributed by atoms with Gasteiger partial charge in [0.2, 0.25) is 11.7 Å². The summed E-state index contributed by atoms with van der Waals surface area (Å²) >= 11 is 0. The Kier molecular flexibility index (Phi) is 7.02. The third-order valence-electron chi connectivity index (χ3n) is 3.39. The molecule has 1 aliphatic heterocycles. The molecular weight excluding hydrogens is 304 g/mol. The second-order valence-corrected chi connectivity index (χ2v) is 5.42. The van der Waals surface area contributed by atoms with Crippen molar-refractivity contribution < 1.29 is 29.3 Å². The molecule has 1 heterocycles. The number of carboxylic acid groups (broad SMARTS) is 1. The number of rotatable bonds is 7. The van der Waals surface area contributed by atoms with Gasteiger partial charge in [0.25, 0.3) is 5.91 Å². The van der Waals surface area contributed by atoms with Gasteiger partial charge >= 0.3 is 5.97 Å². The molecule has 0 aromatic rings. The third-order valence-corrected chi connectivity index (χ3v) is 3.39. The van der Waals surface area contributed by atoms with Gasteiger partial charge in [0.05, 0.1) is 0 Å². The van der Waals surface area contributed by atoms with Crippen molar-refractivity contribution in [2.75, 3.05) is 13.1 Å². The van der Waals surface area contributed by atoms with Crippen LogP contribution in [-0.2, 0) is 19.1 Å². The molecule has 0 aliphatic carbocycles. The van der Waals surface area contributed by atoms with E-state index in [1.54, 1.807) is 4.90 Å². The van der Waals surface area contributed by atoms with Gasteiger partial charge in [0, 0.05) is 20.0 Å². The first-order valence-corrected chi connectivity index (χ1v) is 7.67. The number of carbonyl (C=O) groups is 3. The molecule has 0 radical (unpaired) electrons. The van der Waals surface area contributed by atoms with E-state index in [0.717, 1.165) is 18.9 Å². The highest BCUT2D eigenvalue weighted by atomic mass is 16.5. The molecule has 3 N–H and O–H groups in total. The van der Waals surface area contributed by atoms with Crippen molar-refractivity contribution in [2.45, 2.75) is 51.9 Å². The summed E-state index contributed by atoms with van der Waals surface area (Å²) in [6.45, 7) is 6.06. The maximum absolute atomic E-state index is 12.7. The molecule has 0 saturated carbocycles. The second kappa shape index (κ2) is 8.52. The summed E-state index contributed by atoms with van der Waals surface area (Å²) in [7, 11) is 0. The maximum Gasteiger partial charge on any atom is 0.370 e. The van der Waals surface area contributed by atoms with E-state index < -0.39 is 41.8 Å². The molecule has 130 valence electrons. The number of carbonyl (C=O) groups excluding carboxylic acids is 2. The number of aliphatic hydroxyl groups excluding tert-OH is 1. The highest BCUT2D eigenvalue weighted by Crippen LogP contribution is 2.21. The van der Waals surface area contributed by atoms with Crippen LogP contribution in [0.25, 0.3) is 0 Å². The number of aliphatic hydroxyl groups is 1. The minimum absolute atomic E-state index is 0.444. The molecule has 0 bridgehead atoms. The fourth-order valence-corrected chi connectivity index (χ4v) is 2.46. The van der Waals surface area contributed by atoms with Crippen LogP contribution in [-0.4, -0.2) is 64.2 Å². The number of aliphatic carboxylic acids is 1. The summed E-state index contributed by atoms with van der Waals surface area (Å²) in [5.74, 6) is -2.76. The number of amides is 2. The lowest BCUT2D eigenvalue weighted by molar-refractivity contribution is -0.151. The van der Waals surface area contributed by atoms with Gasteiger partial charge in [-0.1, -0.05) is 13.8 Å². The molecule has 2 amide bonds. The van der Waals surface area contributed by atoms with E-state index >= 15 is 0 Å². The molecule has 3 atom stereocenters. The highest BCUT2D eigenvalue weighted by molar-refractivity contribution is 5.88. The van der Waals surface area contributed by atoms with Crippen molar-refractivity contribution in [1.82, 2.24) is 10.2 Å². The minimum Gasteiger partial charge on any atom is -0.475 e. The van der Waals surface area contributed by atoms with Gasteiger partial charge in [-0.25, -0.2) is 4.79 Å². The number of nitrogens with one attached hydrogen (secondary N) is 1.